The number of hydrogen-bond donors (Lipinski definition) is 2. The summed E-state index contributed by atoms with van der Waals surface area (Å²) in [5.41, 5.74) is 7.57. The Morgan fingerprint density at radius 1 is 1.20 bits per heavy atom. The summed E-state index contributed by atoms with van der Waals surface area (Å²) >= 11 is 0. The van der Waals surface area contributed by atoms with E-state index in [-0.39, 0.29) is 0 Å². The van der Waals surface area contributed by atoms with Crippen LogP contribution in [0.15, 0.2) is 42.6 Å². The van der Waals surface area contributed by atoms with Gasteiger partial charge in [0.25, 0.3) is 0 Å². The predicted octanol–water partition coefficient (Wildman–Crippen LogP) is 2.32. The van der Waals surface area contributed by atoms with Crippen LogP contribution in [0, 0.1) is 0 Å². The van der Waals surface area contributed by atoms with Crippen molar-refractivity contribution in [3.63, 3.8) is 0 Å². The molecule has 4 heteroatoms. The Morgan fingerprint density at radius 3 is 2.90 bits per heavy atom. The highest BCUT2D eigenvalue weighted by molar-refractivity contribution is 5.41. The molecule has 1 aromatic carbocycles. The number of pyridine rings is 1. The van der Waals surface area contributed by atoms with E-state index in [0.29, 0.717) is 0 Å². The minimum Gasteiger partial charge on any atom is -0.324 e. The topological polar surface area (TPSA) is 54.2 Å². The molecule has 0 fully saturated rings. The van der Waals surface area contributed by atoms with Crippen LogP contribution >= 0.6 is 0 Å². The van der Waals surface area contributed by atoms with Crippen molar-refractivity contribution < 1.29 is 0 Å². The molecule has 0 unspecified atom stereocenters. The molecular weight excluding hydrogens is 248 g/mol. The highest BCUT2D eigenvalue weighted by Gasteiger charge is 2.14. The lowest BCUT2D eigenvalue weighted by molar-refractivity contribution is 0.258. The van der Waals surface area contributed by atoms with Crippen molar-refractivity contribution in [1.29, 1.82) is 0 Å². The summed E-state index contributed by atoms with van der Waals surface area (Å²) in [7, 11) is 0. The van der Waals surface area contributed by atoms with Crippen LogP contribution in [-0.4, -0.2) is 16.4 Å². The molecule has 0 radical (unpaired) electrons. The van der Waals surface area contributed by atoms with Crippen LogP contribution in [-0.2, 0) is 19.5 Å². The number of aryl methyl sites for hydroxylation is 1. The maximum atomic E-state index is 5.45. The van der Waals surface area contributed by atoms with Crippen LogP contribution in [0.25, 0.3) is 0 Å². The van der Waals surface area contributed by atoms with E-state index in [1.54, 1.807) is 6.20 Å². The zero-order valence-corrected chi connectivity index (χ0v) is 11.5. The van der Waals surface area contributed by atoms with Crippen LogP contribution in [0.2, 0.25) is 0 Å². The molecule has 3 rings (SSSR count). The third-order valence-corrected chi connectivity index (χ3v) is 3.80. The smallest absolute Gasteiger partial charge is 0.0565 e. The normalized spacial score (nSPS) is 15.4. The quantitative estimate of drug-likeness (QED) is 0.662. The lowest BCUT2D eigenvalue weighted by Crippen LogP contribution is -2.23. The Bertz CT molecular complexity index is 582. The molecule has 4 nitrogen and oxygen atoms in total. The minimum atomic E-state index is 0.865. The van der Waals surface area contributed by atoms with Crippen molar-refractivity contribution in [1.82, 2.24) is 9.88 Å². The number of nitrogens with one attached hydrogen (secondary N) is 1. The summed E-state index contributed by atoms with van der Waals surface area (Å²) in [5, 5.41) is 0. The molecule has 104 valence electrons. The number of nitrogen functional groups attached to an aromatic ring is 1. The number of rotatable bonds is 3. The van der Waals surface area contributed by atoms with Gasteiger partial charge < -0.3 is 5.43 Å². The summed E-state index contributed by atoms with van der Waals surface area (Å²) in [6.07, 6.45) is 4.17. The monoisotopic (exact) mass is 268 g/mol. The number of hydrazine groups is 1. The predicted molar refractivity (Wildman–Crippen MR) is 80.9 cm³/mol. The van der Waals surface area contributed by atoms with E-state index in [0.717, 1.165) is 31.0 Å². The molecule has 20 heavy (non-hydrogen) atoms. The molecule has 1 aromatic heterocycles. The molecule has 0 bridgehead atoms. The standard InChI is InChI=1S/C16H20N4/c17-19-15-7-8-18-16(10-15)12-20-9-3-6-13-4-1-2-5-14(13)11-20/h1-2,4-5,7-8,10H,3,6,9,11-12,17H2,(H,18,19). The Kier molecular flexibility index (Phi) is 3.95. The largest absolute Gasteiger partial charge is 0.324 e. The number of aromatic nitrogens is 1. The van der Waals surface area contributed by atoms with Gasteiger partial charge in [-0.15, -0.1) is 0 Å². The van der Waals surface area contributed by atoms with Crippen molar-refractivity contribution in [2.24, 2.45) is 5.84 Å². The SMILES string of the molecule is NNc1ccnc(CN2CCCc3ccccc3C2)c1. The van der Waals surface area contributed by atoms with Crippen molar-refractivity contribution in [3.05, 3.63) is 59.4 Å². The fourth-order valence-corrected chi connectivity index (χ4v) is 2.79. The van der Waals surface area contributed by atoms with E-state index < -0.39 is 0 Å². The van der Waals surface area contributed by atoms with Gasteiger partial charge >= 0.3 is 0 Å². The third-order valence-electron chi connectivity index (χ3n) is 3.80. The molecule has 1 aliphatic heterocycles. The number of hydrogen-bond acceptors (Lipinski definition) is 4. The van der Waals surface area contributed by atoms with E-state index in [9.17, 15) is 0 Å². The van der Waals surface area contributed by atoms with Gasteiger partial charge in [-0.3, -0.25) is 15.7 Å². The average Bonchev–Trinajstić information content (AvgIpc) is 2.69. The van der Waals surface area contributed by atoms with E-state index in [1.165, 1.54) is 24.0 Å². The Balaban J connectivity index is 1.74. The van der Waals surface area contributed by atoms with Crippen molar-refractivity contribution in [3.8, 4) is 0 Å². The molecule has 2 heterocycles. The Labute approximate surface area is 119 Å². The number of nitrogens with two attached hydrogens (primary N) is 1. The van der Waals surface area contributed by atoms with Crippen molar-refractivity contribution >= 4 is 5.69 Å². The number of nitrogens with zero attached hydrogens (tertiary/aromatic N) is 2. The maximum absolute atomic E-state index is 5.45. The van der Waals surface area contributed by atoms with E-state index >= 15 is 0 Å². The zero-order chi connectivity index (χ0) is 13.8. The fraction of sp³-hybridized carbons (Fsp3) is 0.312. The van der Waals surface area contributed by atoms with Crippen LogP contribution in [0.4, 0.5) is 5.69 Å². The number of fused-ring (bicyclic) bond motifs is 1. The van der Waals surface area contributed by atoms with Gasteiger partial charge in [0.2, 0.25) is 0 Å². The molecule has 0 saturated carbocycles. The Morgan fingerprint density at radius 2 is 2.05 bits per heavy atom. The lowest BCUT2D eigenvalue weighted by atomic mass is 10.0. The minimum absolute atomic E-state index is 0.865. The molecule has 0 amide bonds. The summed E-state index contributed by atoms with van der Waals surface area (Å²) < 4.78 is 0. The number of anilines is 1. The van der Waals surface area contributed by atoms with Crippen molar-refractivity contribution in [2.75, 3.05) is 12.0 Å². The zero-order valence-electron chi connectivity index (χ0n) is 11.5. The number of benzene rings is 1. The van der Waals surface area contributed by atoms with Crippen LogP contribution < -0.4 is 11.3 Å². The summed E-state index contributed by atoms with van der Waals surface area (Å²) in [6.45, 7) is 2.97. The third kappa shape index (κ3) is 2.98. The van der Waals surface area contributed by atoms with Gasteiger partial charge in [-0.2, -0.15) is 0 Å². The van der Waals surface area contributed by atoms with Gasteiger partial charge in [-0.05, 0) is 42.6 Å². The van der Waals surface area contributed by atoms with Crippen LogP contribution in [0.5, 0.6) is 0 Å². The van der Waals surface area contributed by atoms with Crippen molar-refractivity contribution in [2.45, 2.75) is 25.9 Å². The summed E-state index contributed by atoms with van der Waals surface area (Å²) in [5.74, 6) is 5.45. The first-order valence-electron chi connectivity index (χ1n) is 7.06. The van der Waals surface area contributed by atoms with Gasteiger partial charge in [0.1, 0.15) is 0 Å². The highest BCUT2D eigenvalue weighted by atomic mass is 15.2. The second-order valence-electron chi connectivity index (χ2n) is 5.26. The van der Waals surface area contributed by atoms with Gasteiger partial charge in [0, 0.05) is 19.3 Å². The molecule has 0 spiro atoms. The van der Waals surface area contributed by atoms with E-state index in [1.807, 2.05) is 12.1 Å². The molecule has 0 atom stereocenters. The fourth-order valence-electron chi connectivity index (χ4n) is 2.79. The second kappa shape index (κ2) is 6.03. The van der Waals surface area contributed by atoms with Crippen LogP contribution in [0.1, 0.15) is 23.2 Å². The first kappa shape index (κ1) is 13.1. The van der Waals surface area contributed by atoms with Gasteiger partial charge in [-0.1, -0.05) is 24.3 Å². The maximum Gasteiger partial charge on any atom is 0.0565 e. The first-order valence-corrected chi connectivity index (χ1v) is 7.06. The molecule has 2 aromatic rings. The van der Waals surface area contributed by atoms with E-state index in [2.05, 4.69) is 39.6 Å². The van der Waals surface area contributed by atoms with Gasteiger partial charge in [0.05, 0.1) is 11.4 Å². The summed E-state index contributed by atoms with van der Waals surface area (Å²) in [6, 6.07) is 12.6. The van der Waals surface area contributed by atoms with Gasteiger partial charge in [-0.25, -0.2) is 0 Å². The molecule has 1 aliphatic rings. The molecular formula is C16H20N4. The summed E-state index contributed by atoms with van der Waals surface area (Å²) in [4.78, 5) is 6.88. The van der Waals surface area contributed by atoms with E-state index in [4.69, 9.17) is 5.84 Å². The molecule has 3 N–H and O–H groups in total. The molecule has 0 saturated heterocycles. The Hall–Kier alpha value is -1.91. The average molecular weight is 268 g/mol. The second-order valence-corrected chi connectivity index (χ2v) is 5.26. The lowest BCUT2D eigenvalue weighted by Gasteiger charge is -2.20. The molecule has 0 aliphatic carbocycles. The first-order chi connectivity index (χ1) is 9.85. The highest BCUT2D eigenvalue weighted by Crippen LogP contribution is 2.20. The van der Waals surface area contributed by atoms with Crippen LogP contribution in [0.3, 0.4) is 0 Å². The van der Waals surface area contributed by atoms with Gasteiger partial charge in [0.15, 0.2) is 0 Å².